The number of anilines is 2. The van der Waals surface area contributed by atoms with Crippen LogP contribution in [-0.4, -0.2) is 41.5 Å². The summed E-state index contributed by atoms with van der Waals surface area (Å²) in [5.74, 6) is -0.518. The second kappa shape index (κ2) is 9.41. The highest BCUT2D eigenvalue weighted by atomic mass is 19.1. The predicted molar refractivity (Wildman–Crippen MR) is 115 cm³/mol. The van der Waals surface area contributed by atoms with Gasteiger partial charge >= 0.3 is 5.97 Å². The lowest BCUT2D eigenvalue weighted by Gasteiger charge is -2.35. The van der Waals surface area contributed by atoms with Crippen LogP contribution >= 0.6 is 0 Å². The molecule has 1 aromatic heterocycles. The van der Waals surface area contributed by atoms with Crippen LogP contribution in [0, 0.1) is 11.7 Å². The number of hydrogen-bond donors (Lipinski definition) is 1. The lowest BCUT2D eigenvalue weighted by molar-refractivity contribution is 0.0595. The van der Waals surface area contributed by atoms with Gasteiger partial charge < -0.3 is 15.0 Å². The van der Waals surface area contributed by atoms with E-state index in [1.165, 1.54) is 57.7 Å². The molecule has 1 amide bonds. The molecule has 0 unspecified atom stereocenters. The van der Waals surface area contributed by atoms with E-state index < -0.39 is 17.7 Å². The number of ether oxygens (including phenoxy) is 1. The fourth-order valence-electron chi connectivity index (χ4n) is 4.09. The molecule has 1 heterocycles. The standard InChI is InChI=1S/C23H27FN4O3/c1-31-23(30)18-10-9-16(11-19(18)24)27-22(29)20-12-21(26-14-25-20)28(13-15-7-8-15)17-5-3-2-4-6-17/h9-12,14-15,17H,2-8,13H2,1H3,(H,27,29). The number of halogens is 1. The van der Waals surface area contributed by atoms with Crippen LogP contribution in [0.3, 0.4) is 0 Å². The van der Waals surface area contributed by atoms with Crippen molar-refractivity contribution in [1.29, 1.82) is 0 Å². The minimum absolute atomic E-state index is 0.187. The zero-order valence-electron chi connectivity index (χ0n) is 17.6. The Labute approximate surface area is 181 Å². The van der Waals surface area contributed by atoms with E-state index in [-0.39, 0.29) is 16.9 Å². The average Bonchev–Trinajstić information content (AvgIpc) is 3.62. The van der Waals surface area contributed by atoms with Crippen molar-refractivity contribution in [3.8, 4) is 0 Å². The maximum Gasteiger partial charge on any atom is 0.340 e. The molecule has 7 nitrogen and oxygen atoms in total. The maximum absolute atomic E-state index is 14.2. The molecule has 2 aliphatic carbocycles. The summed E-state index contributed by atoms with van der Waals surface area (Å²) in [6.45, 7) is 0.961. The van der Waals surface area contributed by atoms with Crippen molar-refractivity contribution >= 4 is 23.4 Å². The van der Waals surface area contributed by atoms with Gasteiger partial charge in [-0.3, -0.25) is 4.79 Å². The molecule has 0 aliphatic heterocycles. The molecule has 0 saturated heterocycles. The maximum atomic E-state index is 14.2. The van der Waals surface area contributed by atoms with Crippen LogP contribution in [-0.2, 0) is 4.74 Å². The van der Waals surface area contributed by atoms with Gasteiger partial charge in [-0.25, -0.2) is 19.2 Å². The summed E-state index contributed by atoms with van der Waals surface area (Å²) < 4.78 is 18.7. The summed E-state index contributed by atoms with van der Waals surface area (Å²) in [5.41, 5.74) is 0.268. The molecule has 0 spiro atoms. The molecular formula is C23H27FN4O3. The molecule has 0 bridgehead atoms. The molecule has 4 rings (SSSR count). The topological polar surface area (TPSA) is 84.4 Å². The molecule has 31 heavy (non-hydrogen) atoms. The van der Waals surface area contributed by atoms with Crippen molar-refractivity contribution in [2.75, 3.05) is 23.9 Å². The normalized spacial score (nSPS) is 16.6. The summed E-state index contributed by atoms with van der Waals surface area (Å²) in [7, 11) is 1.18. The van der Waals surface area contributed by atoms with E-state index in [4.69, 9.17) is 0 Å². The number of benzene rings is 1. The summed E-state index contributed by atoms with van der Waals surface area (Å²) in [6.07, 6.45) is 9.90. The molecule has 2 aromatic rings. The first-order chi connectivity index (χ1) is 15.0. The van der Waals surface area contributed by atoms with Gasteiger partial charge in [0.1, 0.15) is 23.7 Å². The number of esters is 1. The van der Waals surface area contributed by atoms with Gasteiger partial charge in [0.25, 0.3) is 5.91 Å². The molecule has 2 fully saturated rings. The SMILES string of the molecule is COC(=O)c1ccc(NC(=O)c2cc(N(CC3CC3)C3CCCCC3)ncn2)cc1F. The fourth-order valence-corrected chi connectivity index (χ4v) is 4.09. The van der Waals surface area contributed by atoms with Gasteiger partial charge in [0.15, 0.2) is 0 Å². The Bertz CT molecular complexity index is 958. The molecule has 8 heteroatoms. The second-order valence-corrected chi connectivity index (χ2v) is 8.29. The van der Waals surface area contributed by atoms with Gasteiger partial charge in [0.2, 0.25) is 0 Å². The van der Waals surface area contributed by atoms with E-state index in [1.807, 2.05) is 0 Å². The Hall–Kier alpha value is -3.03. The van der Waals surface area contributed by atoms with Crippen LogP contribution < -0.4 is 10.2 Å². The van der Waals surface area contributed by atoms with E-state index in [2.05, 4.69) is 24.9 Å². The van der Waals surface area contributed by atoms with E-state index in [0.29, 0.717) is 12.0 Å². The first-order valence-corrected chi connectivity index (χ1v) is 10.8. The predicted octanol–water partition coefficient (Wildman–Crippen LogP) is 4.20. The lowest BCUT2D eigenvalue weighted by Crippen LogP contribution is -2.39. The molecule has 1 N–H and O–H groups in total. The molecule has 0 radical (unpaired) electrons. The largest absolute Gasteiger partial charge is 0.465 e. The zero-order valence-corrected chi connectivity index (χ0v) is 17.6. The quantitative estimate of drug-likeness (QED) is 0.668. The Balaban J connectivity index is 1.50. The summed E-state index contributed by atoms with van der Waals surface area (Å²) in [6, 6.07) is 5.98. The fraction of sp³-hybridized carbons (Fsp3) is 0.478. The molecule has 2 aliphatic rings. The van der Waals surface area contributed by atoms with Crippen molar-refractivity contribution in [3.05, 3.63) is 47.7 Å². The van der Waals surface area contributed by atoms with Crippen molar-refractivity contribution in [2.24, 2.45) is 5.92 Å². The number of aromatic nitrogens is 2. The highest BCUT2D eigenvalue weighted by Gasteiger charge is 2.30. The van der Waals surface area contributed by atoms with Crippen molar-refractivity contribution in [1.82, 2.24) is 9.97 Å². The number of methoxy groups -OCH3 is 1. The number of hydrogen-bond acceptors (Lipinski definition) is 6. The van der Waals surface area contributed by atoms with E-state index in [9.17, 15) is 14.0 Å². The van der Waals surface area contributed by atoms with Crippen LogP contribution in [0.25, 0.3) is 0 Å². The Morgan fingerprint density at radius 1 is 1.13 bits per heavy atom. The molecule has 0 atom stereocenters. The number of rotatable bonds is 7. The summed E-state index contributed by atoms with van der Waals surface area (Å²) in [5, 5.41) is 2.64. The third-order valence-electron chi connectivity index (χ3n) is 5.98. The highest BCUT2D eigenvalue weighted by molar-refractivity contribution is 6.03. The number of carbonyl (C=O) groups is 2. The number of nitrogens with one attached hydrogen (secondary N) is 1. The van der Waals surface area contributed by atoms with Crippen molar-refractivity contribution in [2.45, 2.75) is 51.0 Å². The van der Waals surface area contributed by atoms with Crippen molar-refractivity contribution < 1.29 is 18.7 Å². The average molecular weight is 426 g/mol. The third kappa shape index (κ3) is 5.18. The number of amides is 1. The molecular weight excluding hydrogens is 399 g/mol. The summed E-state index contributed by atoms with van der Waals surface area (Å²) >= 11 is 0. The van der Waals surface area contributed by atoms with Gasteiger partial charge in [0.05, 0.1) is 12.7 Å². The lowest BCUT2D eigenvalue weighted by atomic mass is 9.94. The van der Waals surface area contributed by atoms with Gasteiger partial charge in [-0.15, -0.1) is 0 Å². The third-order valence-corrected chi connectivity index (χ3v) is 5.98. The second-order valence-electron chi connectivity index (χ2n) is 8.29. The zero-order chi connectivity index (χ0) is 21.8. The first kappa shape index (κ1) is 21.2. The van der Waals surface area contributed by atoms with Crippen LogP contribution in [0.15, 0.2) is 30.6 Å². The Kier molecular flexibility index (Phi) is 6.44. The molecule has 164 valence electrons. The van der Waals surface area contributed by atoms with Crippen LogP contribution in [0.4, 0.5) is 15.9 Å². The van der Waals surface area contributed by atoms with Crippen LogP contribution in [0.5, 0.6) is 0 Å². The van der Waals surface area contributed by atoms with E-state index >= 15 is 0 Å². The minimum Gasteiger partial charge on any atom is -0.465 e. The number of carbonyl (C=O) groups excluding carboxylic acids is 2. The monoisotopic (exact) mass is 426 g/mol. The van der Waals surface area contributed by atoms with Crippen molar-refractivity contribution in [3.63, 3.8) is 0 Å². The molecule has 1 aromatic carbocycles. The molecule has 2 saturated carbocycles. The van der Waals surface area contributed by atoms with Gasteiger partial charge in [-0.2, -0.15) is 0 Å². The van der Waals surface area contributed by atoms with Gasteiger partial charge in [-0.05, 0) is 49.8 Å². The van der Waals surface area contributed by atoms with E-state index in [0.717, 1.165) is 31.3 Å². The highest BCUT2D eigenvalue weighted by Crippen LogP contribution is 2.34. The van der Waals surface area contributed by atoms with Gasteiger partial charge in [-0.1, -0.05) is 19.3 Å². The van der Waals surface area contributed by atoms with E-state index in [1.54, 1.807) is 6.07 Å². The minimum atomic E-state index is -0.769. The number of nitrogens with zero attached hydrogens (tertiary/aromatic N) is 3. The first-order valence-electron chi connectivity index (χ1n) is 10.8. The smallest absolute Gasteiger partial charge is 0.340 e. The van der Waals surface area contributed by atoms with Crippen LogP contribution in [0.1, 0.15) is 65.8 Å². The van der Waals surface area contributed by atoms with Gasteiger partial charge in [0, 0.05) is 24.3 Å². The Morgan fingerprint density at radius 3 is 2.58 bits per heavy atom. The summed E-state index contributed by atoms with van der Waals surface area (Å²) in [4.78, 5) is 35.2. The van der Waals surface area contributed by atoms with Crippen LogP contribution in [0.2, 0.25) is 0 Å². The Morgan fingerprint density at radius 2 is 1.90 bits per heavy atom.